The maximum Gasteiger partial charge on any atom is 0.334 e. The average molecular weight is 271 g/mol. The summed E-state index contributed by atoms with van der Waals surface area (Å²) < 4.78 is 10.2. The van der Waals surface area contributed by atoms with Crippen LogP contribution in [-0.4, -0.2) is 61.4 Å². The summed E-state index contributed by atoms with van der Waals surface area (Å²) in [4.78, 5) is 25.2. The normalized spacial score (nSPS) is 25.7. The highest BCUT2D eigenvalue weighted by Gasteiger charge is 2.46. The van der Waals surface area contributed by atoms with Gasteiger partial charge >= 0.3 is 5.97 Å². The predicted octanol–water partition coefficient (Wildman–Crippen LogP) is 0.505. The van der Waals surface area contributed by atoms with Gasteiger partial charge in [-0.25, -0.2) is 4.79 Å². The first kappa shape index (κ1) is 14.3. The van der Waals surface area contributed by atoms with Gasteiger partial charge in [0.15, 0.2) is 6.10 Å². The number of carboxylic acids is 1. The van der Waals surface area contributed by atoms with Gasteiger partial charge in [-0.05, 0) is 19.3 Å². The summed E-state index contributed by atoms with van der Waals surface area (Å²) in [6, 6.07) is 0. The lowest BCUT2D eigenvalue weighted by Gasteiger charge is -2.45. The summed E-state index contributed by atoms with van der Waals surface area (Å²) >= 11 is 0. The van der Waals surface area contributed by atoms with Gasteiger partial charge in [0.25, 0.3) is 0 Å². The van der Waals surface area contributed by atoms with E-state index in [0.717, 1.165) is 25.7 Å². The van der Waals surface area contributed by atoms with Crippen molar-refractivity contribution >= 4 is 11.9 Å². The number of ether oxygens (including phenoxy) is 2. The highest BCUT2D eigenvalue weighted by Crippen LogP contribution is 2.45. The molecule has 0 radical (unpaired) electrons. The monoisotopic (exact) mass is 271 g/mol. The fourth-order valence-electron chi connectivity index (χ4n) is 2.79. The molecule has 0 aromatic heterocycles. The van der Waals surface area contributed by atoms with E-state index in [4.69, 9.17) is 14.6 Å². The van der Waals surface area contributed by atoms with Crippen LogP contribution in [0.1, 0.15) is 25.7 Å². The molecule has 0 unspecified atom stereocenters. The number of methoxy groups -OCH3 is 1. The number of carbonyl (C=O) groups is 2. The molecule has 1 N–H and O–H groups in total. The molecule has 1 atom stereocenters. The van der Waals surface area contributed by atoms with Crippen molar-refractivity contribution in [2.75, 3.05) is 33.4 Å². The fourth-order valence-corrected chi connectivity index (χ4v) is 2.79. The van der Waals surface area contributed by atoms with Crippen LogP contribution in [0.5, 0.6) is 0 Å². The van der Waals surface area contributed by atoms with Crippen molar-refractivity contribution in [2.45, 2.75) is 31.8 Å². The van der Waals surface area contributed by atoms with Crippen LogP contribution in [0, 0.1) is 5.41 Å². The first-order valence-corrected chi connectivity index (χ1v) is 6.72. The molecule has 2 fully saturated rings. The SMILES string of the molecule is COCCC1(C(=O)N2CCO[C@@H](C(=O)O)C2)CCC1. The molecule has 1 saturated carbocycles. The number of hydrogen-bond donors (Lipinski definition) is 1. The molecule has 108 valence electrons. The molecular weight excluding hydrogens is 250 g/mol. The van der Waals surface area contributed by atoms with Gasteiger partial charge in [-0.3, -0.25) is 4.79 Å². The summed E-state index contributed by atoms with van der Waals surface area (Å²) in [5, 5.41) is 8.97. The van der Waals surface area contributed by atoms with E-state index in [2.05, 4.69) is 0 Å². The summed E-state index contributed by atoms with van der Waals surface area (Å²) in [5.41, 5.74) is -0.323. The molecule has 1 heterocycles. The second-order valence-corrected chi connectivity index (χ2v) is 5.33. The number of rotatable bonds is 5. The van der Waals surface area contributed by atoms with Crippen LogP contribution in [0.25, 0.3) is 0 Å². The minimum absolute atomic E-state index is 0.0744. The number of amides is 1. The third kappa shape index (κ3) is 2.90. The van der Waals surface area contributed by atoms with E-state index in [0.29, 0.717) is 19.8 Å². The Kier molecular flexibility index (Phi) is 4.42. The van der Waals surface area contributed by atoms with E-state index in [1.165, 1.54) is 0 Å². The average Bonchev–Trinajstić information content (AvgIpc) is 2.37. The first-order valence-electron chi connectivity index (χ1n) is 6.72. The maximum absolute atomic E-state index is 12.6. The molecule has 0 bridgehead atoms. The lowest BCUT2D eigenvalue weighted by atomic mass is 9.65. The van der Waals surface area contributed by atoms with Crippen molar-refractivity contribution in [3.63, 3.8) is 0 Å². The highest BCUT2D eigenvalue weighted by atomic mass is 16.5. The van der Waals surface area contributed by atoms with E-state index in [9.17, 15) is 9.59 Å². The number of nitrogens with zero attached hydrogens (tertiary/aromatic N) is 1. The van der Waals surface area contributed by atoms with Crippen LogP contribution in [0.3, 0.4) is 0 Å². The molecule has 2 rings (SSSR count). The Morgan fingerprint density at radius 2 is 2.21 bits per heavy atom. The zero-order valence-electron chi connectivity index (χ0n) is 11.3. The van der Waals surface area contributed by atoms with Gasteiger partial charge in [-0.15, -0.1) is 0 Å². The van der Waals surface area contributed by atoms with Gasteiger partial charge in [-0.1, -0.05) is 6.42 Å². The third-order valence-corrected chi connectivity index (χ3v) is 4.18. The zero-order chi connectivity index (χ0) is 13.9. The summed E-state index contributed by atoms with van der Waals surface area (Å²) in [6.07, 6.45) is 2.64. The highest BCUT2D eigenvalue weighted by molar-refractivity contribution is 5.84. The first-order chi connectivity index (χ1) is 9.09. The van der Waals surface area contributed by atoms with Crippen LogP contribution in [0.4, 0.5) is 0 Å². The predicted molar refractivity (Wildman–Crippen MR) is 66.7 cm³/mol. The lowest BCUT2D eigenvalue weighted by molar-refractivity contribution is -0.166. The maximum atomic E-state index is 12.6. The zero-order valence-corrected chi connectivity index (χ0v) is 11.3. The summed E-state index contributed by atoms with van der Waals surface area (Å²) in [7, 11) is 1.63. The molecule has 1 amide bonds. The molecule has 19 heavy (non-hydrogen) atoms. The third-order valence-electron chi connectivity index (χ3n) is 4.18. The smallest absolute Gasteiger partial charge is 0.334 e. The second kappa shape index (κ2) is 5.88. The molecule has 6 heteroatoms. The molecule has 0 spiro atoms. The Balaban J connectivity index is 1.99. The fraction of sp³-hybridized carbons (Fsp3) is 0.846. The van der Waals surface area contributed by atoms with Gasteiger partial charge in [0.05, 0.1) is 18.6 Å². The number of carboxylic acid groups (broad SMARTS) is 1. The van der Waals surface area contributed by atoms with Gasteiger partial charge in [0.2, 0.25) is 5.91 Å². The van der Waals surface area contributed by atoms with Gasteiger partial charge < -0.3 is 19.5 Å². The molecule has 1 saturated heterocycles. The van der Waals surface area contributed by atoms with Crippen molar-refractivity contribution < 1.29 is 24.2 Å². The van der Waals surface area contributed by atoms with Crippen molar-refractivity contribution in [3.05, 3.63) is 0 Å². The van der Waals surface area contributed by atoms with Crippen LogP contribution in [-0.2, 0) is 19.1 Å². The van der Waals surface area contributed by atoms with E-state index >= 15 is 0 Å². The quantitative estimate of drug-likeness (QED) is 0.788. The molecule has 0 aromatic carbocycles. The van der Waals surface area contributed by atoms with Crippen LogP contribution in [0.15, 0.2) is 0 Å². The molecule has 1 aliphatic carbocycles. The minimum Gasteiger partial charge on any atom is -0.479 e. The Morgan fingerprint density at radius 3 is 2.74 bits per heavy atom. The summed E-state index contributed by atoms with van der Waals surface area (Å²) in [6.45, 7) is 1.50. The Labute approximate surface area is 112 Å². The molecular formula is C13H21NO5. The minimum atomic E-state index is -1.00. The van der Waals surface area contributed by atoms with Crippen molar-refractivity contribution in [2.24, 2.45) is 5.41 Å². The number of carbonyl (C=O) groups excluding carboxylic acids is 1. The number of hydrogen-bond acceptors (Lipinski definition) is 4. The van der Waals surface area contributed by atoms with Crippen molar-refractivity contribution in [1.29, 1.82) is 0 Å². The second-order valence-electron chi connectivity index (χ2n) is 5.33. The van der Waals surface area contributed by atoms with Gasteiger partial charge in [-0.2, -0.15) is 0 Å². The molecule has 6 nitrogen and oxygen atoms in total. The molecule has 1 aliphatic heterocycles. The van der Waals surface area contributed by atoms with Gasteiger partial charge in [0.1, 0.15) is 0 Å². The number of morpholine rings is 1. The van der Waals surface area contributed by atoms with Crippen molar-refractivity contribution in [3.8, 4) is 0 Å². The standard InChI is InChI=1S/C13H21NO5/c1-18-7-5-13(3-2-4-13)12(17)14-6-8-19-10(9-14)11(15)16/h10H,2-9H2,1H3,(H,15,16)/t10-/m1/s1. The van der Waals surface area contributed by atoms with Crippen molar-refractivity contribution in [1.82, 2.24) is 4.90 Å². The van der Waals surface area contributed by atoms with Crippen LogP contribution in [0.2, 0.25) is 0 Å². The Bertz CT molecular complexity index is 353. The molecule has 2 aliphatic rings. The topological polar surface area (TPSA) is 76.1 Å². The Hall–Kier alpha value is -1.14. The summed E-state index contributed by atoms with van der Waals surface area (Å²) in [5.74, 6) is -0.928. The van der Waals surface area contributed by atoms with E-state index in [1.807, 2.05) is 0 Å². The van der Waals surface area contributed by atoms with E-state index in [-0.39, 0.29) is 17.9 Å². The van der Waals surface area contributed by atoms with E-state index in [1.54, 1.807) is 12.0 Å². The largest absolute Gasteiger partial charge is 0.479 e. The lowest BCUT2D eigenvalue weighted by Crippen LogP contribution is -2.55. The van der Waals surface area contributed by atoms with Gasteiger partial charge in [0, 0.05) is 20.3 Å². The molecule has 0 aromatic rings. The van der Waals surface area contributed by atoms with Crippen LogP contribution < -0.4 is 0 Å². The van der Waals surface area contributed by atoms with E-state index < -0.39 is 12.1 Å². The van der Waals surface area contributed by atoms with Crippen LogP contribution >= 0.6 is 0 Å². The Morgan fingerprint density at radius 1 is 1.47 bits per heavy atom. The number of aliphatic carboxylic acids is 1.